The van der Waals surface area contributed by atoms with Crippen LogP contribution in [0.15, 0.2) is 0 Å². The van der Waals surface area contributed by atoms with Crippen LogP contribution in [-0.4, -0.2) is 18.2 Å². The van der Waals surface area contributed by atoms with Crippen LogP contribution < -0.4 is 11.3 Å². The molecule has 1 fully saturated rings. The van der Waals surface area contributed by atoms with Gasteiger partial charge in [0.2, 0.25) is 0 Å². The molecular weight excluding hydrogens is 164 g/mol. The highest BCUT2D eigenvalue weighted by molar-refractivity contribution is 4.93. The van der Waals surface area contributed by atoms with Crippen LogP contribution >= 0.6 is 0 Å². The van der Waals surface area contributed by atoms with E-state index in [0.29, 0.717) is 5.92 Å². The maximum Gasteiger partial charge on any atom is 0.0823 e. The Kier molecular flexibility index (Phi) is 3.71. The summed E-state index contributed by atoms with van der Waals surface area (Å²) in [5.74, 6) is 6.15. The second-order valence-electron chi connectivity index (χ2n) is 4.29. The summed E-state index contributed by atoms with van der Waals surface area (Å²) in [5.41, 5.74) is 2.86. The summed E-state index contributed by atoms with van der Waals surface area (Å²) in [7, 11) is 0. The van der Waals surface area contributed by atoms with Gasteiger partial charge in [-0.2, -0.15) is 0 Å². The van der Waals surface area contributed by atoms with E-state index in [2.05, 4.69) is 26.2 Å². The Morgan fingerprint density at radius 2 is 2.31 bits per heavy atom. The standard InChI is InChI=1S/C10H22N2O/c1-4-8(2)9(12-11)10(3)6-5-7-13-10/h8-9,12H,4-7,11H2,1-3H3. The maximum atomic E-state index is 5.77. The molecule has 1 saturated heterocycles. The zero-order valence-electron chi connectivity index (χ0n) is 8.97. The lowest BCUT2D eigenvalue weighted by Crippen LogP contribution is -2.54. The molecule has 78 valence electrons. The van der Waals surface area contributed by atoms with Gasteiger partial charge in [0.25, 0.3) is 0 Å². The summed E-state index contributed by atoms with van der Waals surface area (Å²) in [6.07, 6.45) is 3.41. The SMILES string of the molecule is CCC(C)C(NN)C1(C)CCCO1. The van der Waals surface area contributed by atoms with Crippen molar-refractivity contribution in [1.29, 1.82) is 0 Å². The normalized spacial score (nSPS) is 33.2. The average molecular weight is 186 g/mol. The number of hydrazine groups is 1. The lowest BCUT2D eigenvalue weighted by molar-refractivity contribution is -0.0271. The van der Waals surface area contributed by atoms with Crippen LogP contribution in [0.4, 0.5) is 0 Å². The molecule has 1 rings (SSSR count). The first-order valence-corrected chi connectivity index (χ1v) is 5.24. The van der Waals surface area contributed by atoms with E-state index in [0.717, 1.165) is 25.9 Å². The van der Waals surface area contributed by atoms with Crippen molar-refractivity contribution in [2.75, 3.05) is 6.61 Å². The smallest absolute Gasteiger partial charge is 0.0823 e. The highest BCUT2D eigenvalue weighted by Crippen LogP contribution is 2.32. The van der Waals surface area contributed by atoms with Crippen molar-refractivity contribution in [3.63, 3.8) is 0 Å². The molecule has 0 aromatic carbocycles. The third-order valence-corrected chi connectivity index (χ3v) is 3.30. The highest BCUT2D eigenvalue weighted by atomic mass is 16.5. The minimum absolute atomic E-state index is 0.0514. The number of ether oxygens (including phenoxy) is 1. The van der Waals surface area contributed by atoms with Crippen LogP contribution in [0.2, 0.25) is 0 Å². The zero-order chi connectivity index (χ0) is 9.90. The number of rotatable bonds is 4. The molecule has 3 unspecified atom stereocenters. The molecule has 3 N–H and O–H groups in total. The summed E-state index contributed by atoms with van der Waals surface area (Å²) in [6.45, 7) is 7.45. The van der Waals surface area contributed by atoms with Gasteiger partial charge in [0.05, 0.1) is 11.6 Å². The molecule has 3 heteroatoms. The molecule has 1 aliphatic heterocycles. The molecule has 1 aliphatic rings. The summed E-state index contributed by atoms with van der Waals surface area (Å²) < 4.78 is 5.77. The maximum absolute atomic E-state index is 5.77. The first kappa shape index (κ1) is 11.0. The van der Waals surface area contributed by atoms with E-state index in [1.54, 1.807) is 0 Å². The van der Waals surface area contributed by atoms with Crippen LogP contribution in [-0.2, 0) is 4.74 Å². The number of nitrogens with one attached hydrogen (secondary N) is 1. The molecule has 3 atom stereocenters. The zero-order valence-corrected chi connectivity index (χ0v) is 8.97. The van der Waals surface area contributed by atoms with Gasteiger partial charge in [-0.1, -0.05) is 20.3 Å². The monoisotopic (exact) mass is 186 g/mol. The van der Waals surface area contributed by atoms with E-state index in [-0.39, 0.29) is 11.6 Å². The summed E-state index contributed by atoms with van der Waals surface area (Å²) >= 11 is 0. The van der Waals surface area contributed by atoms with Gasteiger partial charge in [-0.25, -0.2) is 0 Å². The Labute approximate surface area is 81.0 Å². The third-order valence-electron chi connectivity index (χ3n) is 3.30. The van der Waals surface area contributed by atoms with E-state index in [9.17, 15) is 0 Å². The van der Waals surface area contributed by atoms with Gasteiger partial charge in [-0.05, 0) is 25.7 Å². The van der Waals surface area contributed by atoms with Crippen LogP contribution in [0.1, 0.15) is 40.0 Å². The molecule has 0 saturated carbocycles. The van der Waals surface area contributed by atoms with Gasteiger partial charge < -0.3 is 4.74 Å². The number of hydrogen-bond acceptors (Lipinski definition) is 3. The van der Waals surface area contributed by atoms with Crippen LogP contribution in [0.5, 0.6) is 0 Å². The van der Waals surface area contributed by atoms with Gasteiger partial charge in [-0.3, -0.25) is 11.3 Å². The molecule has 0 aromatic rings. The van der Waals surface area contributed by atoms with E-state index < -0.39 is 0 Å². The van der Waals surface area contributed by atoms with Gasteiger partial charge in [-0.15, -0.1) is 0 Å². The van der Waals surface area contributed by atoms with Crippen molar-refractivity contribution in [3.05, 3.63) is 0 Å². The van der Waals surface area contributed by atoms with Crippen LogP contribution in [0.3, 0.4) is 0 Å². The summed E-state index contributed by atoms with van der Waals surface area (Å²) in [4.78, 5) is 0. The van der Waals surface area contributed by atoms with Crippen molar-refractivity contribution in [2.24, 2.45) is 11.8 Å². The van der Waals surface area contributed by atoms with Gasteiger partial charge in [0.1, 0.15) is 0 Å². The van der Waals surface area contributed by atoms with Crippen molar-refractivity contribution < 1.29 is 4.74 Å². The van der Waals surface area contributed by atoms with E-state index >= 15 is 0 Å². The third kappa shape index (κ3) is 2.22. The topological polar surface area (TPSA) is 47.3 Å². The Bertz CT molecular complexity index is 155. The fourth-order valence-corrected chi connectivity index (χ4v) is 2.22. The van der Waals surface area contributed by atoms with Gasteiger partial charge in [0.15, 0.2) is 0 Å². The molecule has 13 heavy (non-hydrogen) atoms. The minimum Gasteiger partial charge on any atom is -0.374 e. The fourth-order valence-electron chi connectivity index (χ4n) is 2.22. The fraction of sp³-hybridized carbons (Fsp3) is 1.00. The van der Waals surface area contributed by atoms with Gasteiger partial charge in [0, 0.05) is 6.61 Å². The minimum atomic E-state index is -0.0514. The lowest BCUT2D eigenvalue weighted by Gasteiger charge is -2.36. The van der Waals surface area contributed by atoms with Crippen LogP contribution in [0, 0.1) is 5.92 Å². The highest BCUT2D eigenvalue weighted by Gasteiger charge is 2.39. The second kappa shape index (κ2) is 4.40. The Morgan fingerprint density at radius 1 is 1.62 bits per heavy atom. The molecule has 0 radical (unpaired) electrons. The molecule has 1 heterocycles. The lowest BCUT2D eigenvalue weighted by atomic mass is 9.84. The van der Waals surface area contributed by atoms with E-state index in [1.807, 2.05) is 0 Å². The Hall–Kier alpha value is -0.120. The van der Waals surface area contributed by atoms with Crippen molar-refractivity contribution >= 4 is 0 Å². The van der Waals surface area contributed by atoms with Crippen molar-refractivity contribution in [2.45, 2.75) is 51.7 Å². The number of nitrogens with two attached hydrogens (primary N) is 1. The first-order valence-electron chi connectivity index (χ1n) is 5.24. The molecule has 0 aliphatic carbocycles. The van der Waals surface area contributed by atoms with E-state index in [4.69, 9.17) is 10.6 Å². The largest absolute Gasteiger partial charge is 0.374 e. The van der Waals surface area contributed by atoms with Crippen molar-refractivity contribution in [1.82, 2.24) is 5.43 Å². The molecule has 3 nitrogen and oxygen atoms in total. The predicted octanol–water partition coefficient (Wildman–Crippen LogP) is 1.43. The van der Waals surface area contributed by atoms with Gasteiger partial charge >= 0.3 is 0 Å². The average Bonchev–Trinajstić information content (AvgIpc) is 2.53. The molecule has 0 aromatic heterocycles. The summed E-state index contributed by atoms with van der Waals surface area (Å²) in [6, 6.07) is 0.278. The van der Waals surface area contributed by atoms with E-state index in [1.165, 1.54) is 0 Å². The molecular formula is C10H22N2O. The quantitative estimate of drug-likeness (QED) is 0.516. The molecule has 0 spiro atoms. The van der Waals surface area contributed by atoms with Crippen LogP contribution in [0.25, 0.3) is 0 Å². The second-order valence-corrected chi connectivity index (χ2v) is 4.29. The number of hydrogen-bond donors (Lipinski definition) is 2. The Morgan fingerprint density at radius 3 is 2.69 bits per heavy atom. The van der Waals surface area contributed by atoms with Crippen molar-refractivity contribution in [3.8, 4) is 0 Å². The predicted molar refractivity (Wildman–Crippen MR) is 54.2 cm³/mol. The molecule has 0 bridgehead atoms. The first-order chi connectivity index (χ1) is 6.14. The Balaban J connectivity index is 2.63. The summed E-state index contributed by atoms with van der Waals surface area (Å²) in [5, 5.41) is 0. The molecule has 0 amide bonds.